The number of benzene rings is 2. The third-order valence-corrected chi connectivity index (χ3v) is 6.89. The molecule has 2 nitrogen and oxygen atoms in total. The van der Waals surface area contributed by atoms with Crippen LogP contribution in [-0.4, -0.2) is 16.6 Å². The number of hydrogen-bond donors (Lipinski definition) is 2. The maximum absolute atomic E-state index is 9.20. The van der Waals surface area contributed by atoms with Crippen molar-refractivity contribution in [3.63, 3.8) is 0 Å². The van der Waals surface area contributed by atoms with Gasteiger partial charge in [0.25, 0.3) is 0 Å². The molecular formula is C13H5Cl11O2. The zero-order chi connectivity index (χ0) is 20.9. The first-order chi connectivity index (χ1) is 11.9. The summed E-state index contributed by atoms with van der Waals surface area (Å²) >= 11 is 60.4. The van der Waals surface area contributed by atoms with E-state index in [-0.39, 0.29) is 61.7 Å². The minimum absolute atomic E-state index is 0.00904. The summed E-state index contributed by atoms with van der Waals surface area (Å²) in [5, 5.41) is 18.0. The fourth-order valence-corrected chi connectivity index (χ4v) is 3.44. The van der Waals surface area contributed by atoms with Crippen molar-refractivity contribution in [3.8, 4) is 11.5 Å². The highest BCUT2D eigenvalue weighted by Gasteiger charge is 2.19. The molecule has 0 atom stereocenters. The summed E-state index contributed by atoms with van der Waals surface area (Å²) in [5.41, 5.74) is 0. The predicted molar refractivity (Wildman–Crippen MR) is 118 cm³/mol. The Morgan fingerprint density at radius 3 is 0.615 bits per heavy atom. The number of aromatic hydroxyl groups is 2. The minimum Gasteiger partial charge on any atom is -0.505 e. The Morgan fingerprint density at radius 1 is 0.346 bits per heavy atom. The Bertz CT molecular complexity index is 530. The Kier molecular flexibility index (Phi) is 12.6. The number of rotatable bonds is 0. The molecular weight excluding hydrogens is 578 g/mol. The SMILES string of the molecule is CCl.Oc1c(Cl)c(Cl)c(Cl)c(Cl)c1Cl.Oc1c(Cl)c(Cl)c(Cl)c(Cl)c1Cl. The van der Waals surface area contributed by atoms with Crippen LogP contribution in [-0.2, 0) is 0 Å². The van der Waals surface area contributed by atoms with Gasteiger partial charge < -0.3 is 10.2 Å². The van der Waals surface area contributed by atoms with E-state index in [2.05, 4.69) is 11.6 Å². The topological polar surface area (TPSA) is 40.5 Å². The van der Waals surface area contributed by atoms with Crippen molar-refractivity contribution in [2.24, 2.45) is 0 Å². The molecule has 0 aliphatic rings. The molecule has 13 heteroatoms. The van der Waals surface area contributed by atoms with Gasteiger partial charge in [0, 0.05) is 6.38 Å². The van der Waals surface area contributed by atoms with Crippen molar-refractivity contribution in [3.05, 3.63) is 50.2 Å². The fourth-order valence-electron chi connectivity index (χ4n) is 1.19. The van der Waals surface area contributed by atoms with Crippen LogP contribution in [0.3, 0.4) is 0 Å². The Balaban J connectivity index is 0.000000439. The average molecular weight is 583 g/mol. The lowest BCUT2D eigenvalue weighted by Crippen LogP contribution is -1.78. The fraction of sp³-hybridized carbons (Fsp3) is 0.0769. The molecule has 0 radical (unpaired) electrons. The normalized spacial score (nSPS) is 9.85. The van der Waals surface area contributed by atoms with E-state index in [1.54, 1.807) is 0 Å². The lowest BCUT2D eigenvalue weighted by atomic mass is 10.3. The first-order valence-corrected chi connectivity index (χ1v) is 10.3. The van der Waals surface area contributed by atoms with Gasteiger partial charge in [0.05, 0.1) is 30.1 Å². The molecule has 0 aliphatic heterocycles. The molecule has 146 valence electrons. The van der Waals surface area contributed by atoms with Crippen molar-refractivity contribution in [2.75, 3.05) is 6.38 Å². The van der Waals surface area contributed by atoms with E-state index in [4.69, 9.17) is 116 Å². The molecule has 0 unspecified atom stereocenters. The van der Waals surface area contributed by atoms with E-state index >= 15 is 0 Å². The molecule has 2 aromatic rings. The highest BCUT2D eigenvalue weighted by molar-refractivity contribution is 6.56. The van der Waals surface area contributed by atoms with Crippen LogP contribution in [0.25, 0.3) is 0 Å². The van der Waals surface area contributed by atoms with Crippen LogP contribution in [0.5, 0.6) is 11.5 Å². The van der Waals surface area contributed by atoms with Gasteiger partial charge in [0.2, 0.25) is 0 Å². The summed E-state index contributed by atoms with van der Waals surface area (Å²) in [6.45, 7) is 0. The van der Waals surface area contributed by atoms with Crippen LogP contribution < -0.4 is 0 Å². The molecule has 26 heavy (non-hydrogen) atoms. The van der Waals surface area contributed by atoms with E-state index in [1.807, 2.05) is 0 Å². The molecule has 2 N–H and O–H groups in total. The van der Waals surface area contributed by atoms with Crippen LogP contribution in [0, 0.1) is 0 Å². The van der Waals surface area contributed by atoms with Gasteiger partial charge in [0.15, 0.2) is 11.5 Å². The van der Waals surface area contributed by atoms with Crippen molar-refractivity contribution in [2.45, 2.75) is 0 Å². The highest BCUT2D eigenvalue weighted by Crippen LogP contribution is 2.48. The monoisotopic (exact) mass is 578 g/mol. The van der Waals surface area contributed by atoms with E-state index in [1.165, 1.54) is 6.38 Å². The van der Waals surface area contributed by atoms with Crippen molar-refractivity contribution >= 4 is 128 Å². The number of phenols is 2. The van der Waals surface area contributed by atoms with E-state index in [0.717, 1.165) is 0 Å². The maximum atomic E-state index is 9.20. The lowest BCUT2D eigenvalue weighted by Gasteiger charge is -2.06. The molecule has 2 aromatic carbocycles. The summed E-state index contributed by atoms with van der Waals surface area (Å²) in [7, 11) is 0. The van der Waals surface area contributed by atoms with E-state index in [0.29, 0.717) is 0 Å². The maximum Gasteiger partial charge on any atom is 0.155 e. The number of hydrogen-bond acceptors (Lipinski definition) is 2. The molecule has 0 bridgehead atoms. The first-order valence-electron chi connectivity index (χ1n) is 5.72. The molecule has 0 saturated heterocycles. The third kappa shape index (κ3) is 6.11. The zero-order valence-corrected chi connectivity index (χ0v) is 20.4. The summed E-state index contributed by atoms with van der Waals surface area (Å²) in [6, 6.07) is 0. The number of halogens is 11. The van der Waals surface area contributed by atoms with Gasteiger partial charge in [0.1, 0.15) is 20.1 Å². The molecule has 0 spiro atoms. The van der Waals surface area contributed by atoms with Gasteiger partial charge >= 0.3 is 0 Å². The zero-order valence-electron chi connectivity index (χ0n) is 12.1. The molecule has 0 fully saturated rings. The highest BCUT2D eigenvalue weighted by atomic mass is 35.5. The third-order valence-electron chi connectivity index (χ3n) is 2.37. The second kappa shape index (κ2) is 12.0. The lowest BCUT2D eigenvalue weighted by molar-refractivity contribution is 0.475. The first kappa shape index (κ1) is 27.2. The van der Waals surface area contributed by atoms with Crippen LogP contribution >= 0.6 is 128 Å². The van der Waals surface area contributed by atoms with E-state index < -0.39 is 0 Å². The number of alkyl halides is 1. The van der Waals surface area contributed by atoms with Crippen molar-refractivity contribution < 1.29 is 10.2 Å². The van der Waals surface area contributed by atoms with Crippen LogP contribution in [0.4, 0.5) is 0 Å². The van der Waals surface area contributed by atoms with Crippen molar-refractivity contribution in [1.82, 2.24) is 0 Å². The largest absolute Gasteiger partial charge is 0.505 e. The Labute approximate surface area is 204 Å². The summed E-state index contributed by atoms with van der Waals surface area (Å²) in [5.74, 6) is -0.726. The standard InChI is InChI=1S/2C6HCl5O.CH3Cl/c2*7-1-2(8)4(10)6(12)5(11)3(1)9;1-2/h2*12H;1H3. The van der Waals surface area contributed by atoms with Crippen molar-refractivity contribution in [1.29, 1.82) is 0 Å². The molecule has 0 aromatic heterocycles. The Morgan fingerprint density at radius 2 is 0.462 bits per heavy atom. The molecule has 2 rings (SSSR count). The van der Waals surface area contributed by atoms with Crippen LogP contribution in [0.1, 0.15) is 0 Å². The Hall–Kier alpha value is 1.23. The van der Waals surface area contributed by atoms with Gasteiger partial charge in [-0.2, -0.15) is 0 Å². The minimum atomic E-state index is -0.363. The smallest absolute Gasteiger partial charge is 0.155 e. The second-order valence-corrected chi connectivity index (χ2v) is 7.62. The predicted octanol–water partition coefficient (Wildman–Crippen LogP) is 10.2. The van der Waals surface area contributed by atoms with Gasteiger partial charge in [-0.05, 0) is 0 Å². The summed E-state index contributed by atoms with van der Waals surface area (Å²) in [4.78, 5) is 0. The van der Waals surface area contributed by atoms with Gasteiger partial charge in [-0.15, -0.1) is 11.6 Å². The summed E-state index contributed by atoms with van der Waals surface area (Å²) < 4.78 is 0. The van der Waals surface area contributed by atoms with Gasteiger partial charge in [-0.25, -0.2) is 0 Å². The van der Waals surface area contributed by atoms with E-state index in [9.17, 15) is 10.2 Å². The molecule has 0 aliphatic carbocycles. The van der Waals surface area contributed by atoms with Gasteiger partial charge in [-0.3, -0.25) is 0 Å². The average Bonchev–Trinajstić information content (AvgIpc) is 2.66. The summed E-state index contributed by atoms with van der Waals surface area (Å²) in [6.07, 6.45) is 1.47. The molecule has 0 amide bonds. The molecule has 0 saturated carbocycles. The second-order valence-electron chi connectivity index (χ2n) is 3.84. The molecule has 0 heterocycles. The quantitative estimate of drug-likeness (QED) is 0.184. The van der Waals surface area contributed by atoms with Crippen LogP contribution in [0.15, 0.2) is 0 Å². The van der Waals surface area contributed by atoms with Crippen LogP contribution in [0.2, 0.25) is 50.2 Å². The number of phenolic OH excluding ortho intramolecular Hbond substituents is 2. The van der Waals surface area contributed by atoms with Gasteiger partial charge in [-0.1, -0.05) is 116 Å².